The lowest BCUT2D eigenvalue weighted by atomic mass is 10.2. The number of carbonyl (C=O) groups is 2. The maximum atomic E-state index is 12.1. The van der Waals surface area contributed by atoms with Crippen molar-refractivity contribution in [3.63, 3.8) is 0 Å². The van der Waals surface area contributed by atoms with Crippen LogP contribution in [-0.4, -0.2) is 11.9 Å². The molecule has 20 heavy (non-hydrogen) atoms. The number of anilines is 2. The third-order valence-electron chi connectivity index (χ3n) is 2.70. The molecule has 6 heteroatoms. The maximum absolute atomic E-state index is 12.1. The Morgan fingerprint density at radius 3 is 2.05 bits per heavy atom. The topological polar surface area (TPSA) is 97.4 Å². The van der Waals surface area contributed by atoms with Gasteiger partial charge in [-0.25, -0.2) is 4.79 Å². The van der Waals surface area contributed by atoms with E-state index in [4.69, 9.17) is 10.2 Å². The van der Waals surface area contributed by atoms with Crippen LogP contribution >= 0.6 is 0 Å². The Labute approximate surface area is 116 Å². The van der Waals surface area contributed by atoms with E-state index in [0.29, 0.717) is 28.5 Å². The number of benzene rings is 1. The summed E-state index contributed by atoms with van der Waals surface area (Å²) in [5.41, 5.74) is 6.68. The molecule has 2 aromatic rings. The molecule has 2 rings (SSSR count). The molecule has 0 aliphatic carbocycles. The molecular weight excluding hydrogens is 258 g/mol. The molecule has 0 fully saturated rings. The van der Waals surface area contributed by atoms with Gasteiger partial charge in [0, 0.05) is 11.4 Å². The predicted molar refractivity (Wildman–Crippen MR) is 75.8 cm³/mol. The van der Waals surface area contributed by atoms with Crippen LogP contribution < -0.4 is 16.4 Å². The summed E-state index contributed by atoms with van der Waals surface area (Å²) in [5.74, 6) is 1.02. The molecule has 0 saturated heterocycles. The SMILES string of the molecule is Cc1cc(C(=O)Nc2ccc(NC(N)=O)cc2)c(C)o1. The standard InChI is InChI=1S/C14H15N3O3/c1-8-7-12(9(2)20-8)13(18)16-10-3-5-11(6-4-10)17-14(15)19/h3-7H,1-2H3,(H,16,18)(H3,15,17,19). The number of amides is 3. The molecule has 4 N–H and O–H groups in total. The number of urea groups is 1. The molecule has 0 aliphatic rings. The molecular formula is C14H15N3O3. The van der Waals surface area contributed by atoms with Crippen LogP contribution in [-0.2, 0) is 0 Å². The van der Waals surface area contributed by atoms with Gasteiger partial charge in [0.05, 0.1) is 5.56 Å². The Morgan fingerprint density at radius 1 is 1.05 bits per heavy atom. The van der Waals surface area contributed by atoms with Gasteiger partial charge < -0.3 is 20.8 Å². The summed E-state index contributed by atoms with van der Waals surface area (Å²) in [7, 11) is 0. The highest BCUT2D eigenvalue weighted by Gasteiger charge is 2.13. The third-order valence-corrected chi connectivity index (χ3v) is 2.70. The minimum atomic E-state index is -0.633. The number of nitrogens with two attached hydrogens (primary N) is 1. The van der Waals surface area contributed by atoms with Crippen LogP contribution in [0.5, 0.6) is 0 Å². The largest absolute Gasteiger partial charge is 0.466 e. The third kappa shape index (κ3) is 3.17. The molecule has 0 unspecified atom stereocenters. The number of furan rings is 1. The quantitative estimate of drug-likeness (QED) is 0.801. The first-order valence-electron chi connectivity index (χ1n) is 6.00. The van der Waals surface area contributed by atoms with E-state index in [0.717, 1.165) is 0 Å². The number of hydrogen-bond donors (Lipinski definition) is 3. The zero-order valence-electron chi connectivity index (χ0n) is 11.2. The number of carbonyl (C=O) groups excluding carboxylic acids is 2. The highest BCUT2D eigenvalue weighted by atomic mass is 16.3. The molecule has 0 saturated carbocycles. The van der Waals surface area contributed by atoms with E-state index in [9.17, 15) is 9.59 Å². The van der Waals surface area contributed by atoms with Crippen LogP contribution in [0.15, 0.2) is 34.7 Å². The van der Waals surface area contributed by atoms with E-state index < -0.39 is 6.03 Å². The molecule has 0 spiro atoms. The second kappa shape index (κ2) is 5.48. The molecule has 0 atom stereocenters. The molecule has 0 radical (unpaired) electrons. The van der Waals surface area contributed by atoms with Crippen molar-refractivity contribution in [1.29, 1.82) is 0 Å². The summed E-state index contributed by atoms with van der Waals surface area (Å²) >= 11 is 0. The Kier molecular flexibility index (Phi) is 3.74. The highest BCUT2D eigenvalue weighted by Crippen LogP contribution is 2.17. The number of primary amides is 1. The van der Waals surface area contributed by atoms with Crippen LogP contribution in [0, 0.1) is 13.8 Å². The van der Waals surface area contributed by atoms with Gasteiger partial charge in [0.15, 0.2) is 0 Å². The smallest absolute Gasteiger partial charge is 0.316 e. The summed E-state index contributed by atoms with van der Waals surface area (Å²) in [4.78, 5) is 22.7. The fourth-order valence-corrected chi connectivity index (χ4v) is 1.83. The summed E-state index contributed by atoms with van der Waals surface area (Å²) in [5, 5.41) is 5.19. The Hall–Kier alpha value is -2.76. The van der Waals surface area contributed by atoms with Crippen molar-refractivity contribution < 1.29 is 14.0 Å². The van der Waals surface area contributed by atoms with Gasteiger partial charge in [-0.15, -0.1) is 0 Å². The maximum Gasteiger partial charge on any atom is 0.316 e. The average molecular weight is 273 g/mol. The van der Waals surface area contributed by atoms with Gasteiger partial charge >= 0.3 is 6.03 Å². The first kappa shape index (κ1) is 13.7. The monoisotopic (exact) mass is 273 g/mol. The lowest BCUT2D eigenvalue weighted by molar-refractivity contribution is 0.102. The molecule has 1 heterocycles. The van der Waals surface area contributed by atoms with E-state index in [-0.39, 0.29) is 5.91 Å². The Bertz CT molecular complexity index is 644. The second-order valence-electron chi connectivity index (χ2n) is 4.35. The van der Waals surface area contributed by atoms with Crippen molar-refractivity contribution in [3.8, 4) is 0 Å². The van der Waals surface area contributed by atoms with Gasteiger partial charge in [0.25, 0.3) is 5.91 Å². The van der Waals surface area contributed by atoms with Crippen molar-refractivity contribution in [2.24, 2.45) is 5.73 Å². The van der Waals surface area contributed by atoms with Crippen LogP contribution in [0.2, 0.25) is 0 Å². The lowest BCUT2D eigenvalue weighted by Crippen LogP contribution is -2.19. The number of rotatable bonds is 3. The second-order valence-corrected chi connectivity index (χ2v) is 4.35. The van der Waals surface area contributed by atoms with Gasteiger partial charge in [0.1, 0.15) is 11.5 Å². The Morgan fingerprint density at radius 2 is 1.60 bits per heavy atom. The molecule has 3 amide bonds. The van der Waals surface area contributed by atoms with Crippen LogP contribution in [0.1, 0.15) is 21.9 Å². The molecule has 104 valence electrons. The summed E-state index contributed by atoms with van der Waals surface area (Å²) in [6, 6.07) is 7.69. The molecule has 0 aliphatic heterocycles. The van der Waals surface area contributed by atoms with E-state index in [1.807, 2.05) is 0 Å². The first-order valence-corrected chi connectivity index (χ1v) is 6.00. The lowest BCUT2D eigenvalue weighted by Gasteiger charge is -2.06. The minimum absolute atomic E-state index is 0.241. The van der Waals surface area contributed by atoms with E-state index >= 15 is 0 Å². The van der Waals surface area contributed by atoms with Crippen LogP contribution in [0.25, 0.3) is 0 Å². The van der Waals surface area contributed by atoms with Gasteiger partial charge in [0.2, 0.25) is 0 Å². The van der Waals surface area contributed by atoms with E-state index in [1.54, 1.807) is 44.2 Å². The number of hydrogen-bond acceptors (Lipinski definition) is 3. The van der Waals surface area contributed by atoms with Crippen molar-refractivity contribution in [1.82, 2.24) is 0 Å². The zero-order valence-corrected chi connectivity index (χ0v) is 11.2. The summed E-state index contributed by atoms with van der Waals surface area (Å²) in [6.07, 6.45) is 0. The van der Waals surface area contributed by atoms with Gasteiger partial charge in [-0.2, -0.15) is 0 Å². The van der Waals surface area contributed by atoms with Crippen molar-refractivity contribution in [2.45, 2.75) is 13.8 Å². The molecule has 1 aromatic heterocycles. The number of aryl methyl sites for hydroxylation is 2. The molecule has 6 nitrogen and oxygen atoms in total. The van der Waals surface area contributed by atoms with Crippen LogP contribution in [0.4, 0.5) is 16.2 Å². The summed E-state index contributed by atoms with van der Waals surface area (Å²) < 4.78 is 5.31. The average Bonchev–Trinajstić information content (AvgIpc) is 2.70. The first-order chi connectivity index (χ1) is 9.45. The fraction of sp³-hybridized carbons (Fsp3) is 0.143. The van der Waals surface area contributed by atoms with Gasteiger partial charge in [-0.3, -0.25) is 4.79 Å². The molecule has 1 aromatic carbocycles. The van der Waals surface area contributed by atoms with Gasteiger partial charge in [-0.1, -0.05) is 0 Å². The summed E-state index contributed by atoms with van der Waals surface area (Å²) in [6.45, 7) is 3.52. The predicted octanol–water partition coefficient (Wildman–Crippen LogP) is 2.64. The van der Waals surface area contributed by atoms with E-state index in [2.05, 4.69) is 10.6 Å². The highest BCUT2D eigenvalue weighted by molar-refractivity contribution is 6.05. The zero-order chi connectivity index (χ0) is 14.7. The van der Waals surface area contributed by atoms with Crippen molar-refractivity contribution in [2.75, 3.05) is 10.6 Å². The fourth-order valence-electron chi connectivity index (χ4n) is 1.83. The van der Waals surface area contributed by atoms with Gasteiger partial charge in [-0.05, 0) is 44.2 Å². The van der Waals surface area contributed by atoms with Crippen molar-refractivity contribution in [3.05, 3.63) is 47.4 Å². The Balaban J connectivity index is 2.08. The molecule has 0 bridgehead atoms. The van der Waals surface area contributed by atoms with E-state index in [1.165, 1.54) is 0 Å². The van der Waals surface area contributed by atoms with Crippen LogP contribution in [0.3, 0.4) is 0 Å². The minimum Gasteiger partial charge on any atom is -0.466 e. The number of nitrogens with one attached hydrogen (secondary N) is 2. The normalized spacial score (nSPS) is 10.1. The van der Waals surface area contributed by atoms with Crippen molar-refractivity contribution >= 4 is 23.3 Å².